The van der Waals surface area contributed by atoms with E-state index < -0.39 is 0 Å². The summed E-state index contributed by atoms with van der Waals surface area (Å²) >= 11 is 0. The van der Waals surface area contributed by atoms with Gasteiger partial charge in [0.2, 0.25) is 0 Å². The van der Waals surface area contributed by atoms with E-state index in [4.69, 9.17) is 4.74 Å². The Morgan fingerprint density at radius 3 is 3.06 bits per heavy atom. The fraction of sp³-hybridized carbons (Fsp3) is 0.750. The molecule has 0 bridgehead atoms. The Morgan fingerprint density at radius 2 is 2.41 bits per heavy atom. The zero-order chi connectivity index (χ0) is 12.3. The Kier molecular flexibility index (Phi) is 4.15. The number of hydrogen-bond acceptors (Lipinski definition) is 4. The summed E-state index contributed by atoms with van der Waals surface area (Å²) in [5.74, 6) is 1.68. The molecule has 5 nitrogen and oxygen atoms in total. The second-order valence-electron chi connectivity index (χ2n) is 4.84. The first kappa shape index (κ1) is 12.5. The van der Waals surface area contributed by atoms with E-state index in [9.17, 15) is 0 Å². The summed E-state index contributed by atoms with van der Waals surface area (Å²) in [4.78, 5) is 6.66. The summed E-state index contributed by atoms with van der Waals surface area (Å²) in [7, 11) is 6.18. The molecule has 2 heterocycles. The number of likely N-dealkylation sites (N-methyl/N-ethyl adjacent to an activating group) is 1. The third-order valence-electron chi connectivity index (χ3n) is 3.45. The van der Waals surface area contributed by atoms with Gasteiger partial charge in [-0.3, -0.25) is 4.90 Å². The normalized spacial score (nSPS) is 24.7. The van der Waals surface area contributed by atoms with E-state index in [2.05, 4.69) is 26.8 Å². The van der Waals surface area contributed by atoms with Crippen molar-refractivity contribution in [2.24, 2.45) is 13.0 Å². The van der Waals surface area contributed by atoms with Crippen molar-refractivity contribution in [3.05, 3.63) is 18.2 Å². The number of nitrogens with one attached hydrogen (secondary N) is 1. The molecular formula is C12H22N4O. The van der Waals surface area contributed by atoms with Crippen molar-refractivity contribution in [1.29, 1.82) is 0 Å². The molecule has 96 valence electrons. The first-order valence-electron chi connectivity index (χ1n) is 6.10. The van der Waals surface area contributed by atoms with Crippen LogP contribution in [0.3, 0.4) is 0 Å². The van der Waals surface area contributed by atoms with Gasteiger partial charge in [0.15, 0.2) is 0 Å². The SMILES string of the molecule is CNC1COCC1CN(C)Cc1nccn1C. The number of imidazole rings is 1. The van der Waals surface area contributed by atoms with E-state index in [1.807, 2.05) is 26.5 Å². The summed E-state index contributed by atoms with van der Waals surface area (Å²) in [5.41, 5.74) is 0. The number of ether oxygens (including phenoxy) is 1. The highest BCUT2D eigenvalue weighted by Crippen LogP contribution is 2.15. The minimum Gasteiger partial charge on any atom is -0.379 e. The molecule has 1 aliphatic rings. The highest BCUT2D eigenvalue weighted by Gasteiger charge is 2.27. The Morgan fingerprint density at radius 1 is 1.59 bits per heavy atom. The van der Waals surface area contributed by atoms with E-state index in [0.717, 1.165) is 32.1 Å². The lowest BCUT2D eigenvalue weighted by Crippen LogP contribution is -2.39. The fourth-order valence-electron chi connectivity index (χ4n) is 2.35. The third-order valence-corrected chi connectivity index (χ3v) is 3.45. The summed E-state index contributed by atoms with van der Waals surface area (Å²) in [6, 6.07) is 0.485. The van der Waals surface area contributed by atoms with Crippen LogP contribution in [-0.4, -0.2) is 54.3 Å². The van der Waals surface area contributed by atoms with E-state index >= 15 is 0 Å². The lowest BCUT2D eigenvalue weighted by atomic mass is 10.0. The standard InChI is InChI=1S/C12H22N4O/c1-13-11-9-17-8-10(11)6-15(2)7-12-14-4-5-16(12)3/h4-5,10-11,13H,6-9H2,1-3H3. The Hall–Kier alpha value is -0.910. The first-order chi connectivity index (χ1) is 8.20. The molecule has 1 aliphatic heterocycles. The number of aryl methyl sites for hydroxylation is 1. The molecule has 1 N–H and O–H groups in total. The van der Waals surface area contributed by atoms with E-state index in [0.29, 0.717) is 12.0 Å². The van der Waals surface area contributed by atoms with Gasteiger partial charge in [0.1, 0.15) is 5.82 Å². The third kappa shape index (κ3) is 3.06. The van der Waals surface area contributed by atoms with Gasteiger partial charge in [-0.15, -0.1) is 0 Å². The lowest BCUT2D eigenvalue weighted by molar-refractivity contribution is 0.171. The molecule has 2 atom stereocenters. The molecule has 0 amide bonds. The van der Waals surface area contributed by atoms with Crippen LogP contribution in [0.5, 0.6) is 0 Å². The first-order valence-corrected chi connectivity index (χ1v) is 6.10. The van der Waals surface area contributed by atoms with Crippen molar-refractivity contribution in [2.75, 3.05) is 33.9 Å². The van der Waals surface area contributed by atoms with Gasteiger partial charge in [-0.25, -0.2) is 4.98 Å². The molecule has 17 heavy (non-hydrogen) atoms. The Balaban J connectivity index is 1.85. The Bertz CT molecular complexity index is 352. The minimum atomic E-state index is 0.485. The molecular weight excluding hydrogens is 216 g/mol. The molecule has 1 saturated heterocycles. The number of aromatic nitrogens is 2. The van der Waals surface area contributed by atoms with Gasteiger partial charge in [-0.1, -0.05) is 0 Å². The maximum atomic E-state index is 5.51. The van der Waals surface area contributed by atoms with Gasteiger partial charge < -0.3 is 14.6 Å². The molecule has 0 aliphatic carbocycles. The molecule has 0 radical (unpaired) electrons. The van der Waals surface area contributed by atoms with Gasteiger partial charge in [-0.05, 0) is 14.1 Å². The van der Waals surface area contributed by atoms with Gasteiger partial charge in [0.25, 0.3) is 0 Å². The van der Waals surface area contributed by atoms with Crippen molar-refractivity contribution in [1.82, 2.24) is 19.8 Å². The predicted molar refractivity (Wildman–Crippen MR) is 66.7 cm³/mol. The Labute approximate surface area is 103 Å². The lowest BCUT2D eigenvalue weighted by Gasteiger charge is -2.23. The average Bonchev–Trinajstić information content (AvgIpc) is 2.89. The molecule has 0 spiro atoms. The molecule has 5 heteroatoms. The maximum absolute atomic E-state index is 5.51. The van der Waals surface area contributed by atoms with Crippen molar-refractivity contribution in [3.63, 3.8) is 0 Å². The van der Waals surface area contributed by atoms with Crippen molar-refractivity contribution in [2.45, 2.75) is 12.6 Å². The highest BCUT2D eigenvalue weighted by atomic mass is 16.5. The van der Waals surface area contributed by atoms with Gasteiger partial charge in [0.05, 0.1) is 19.8 Å². The van der Waals surface area contributed by atoms with Crippen LogP contribution in [0.4, 0.5) is 0 Å². The summed E-state index contributed by atoms with van der Waals surface area (Å²) in [6.45, 7) is 3.61. The van der Waals surface area contributed by atoms with Crippen molar-refractivity contribution in [3.8, 4) is 0 Å². The van der Waals surface area contributed by atoms with E-state index in [1.165, 1.54) is 0 Å². The summed E-state index contributed by atoms with van der Waals surface area (Å²) < 4.78 is 7.58. The van der Waals surface area contributed by atoms with Gasteiger partial charge in [0, 0.05) is 37.9 Å². The average molecular weight is 238 g/mol. The molecule has 1 fully saturated rings. The zero-order valence-electron chi connectivity index (χ0n) is 10.9. The van der Waals surface area contributed by atoms with Gasteiger partial charge >= 0.3 is 0 Å². The monoisotopic (exact) mass is 238 g/mol. The van der Waals surface area contributed by atoms with Crippen LogP contribution in [0.1, 0.15) is 5.82 Å². The number of hydrogen-bond donors (Lipinski definition) is 1. The summed E-state index contributed by atoms with van der Waals surface area (Å²) in [5, 5.41) is 3.32. The van der Waals surface area contributed by atoms with Gasteiger partial charge in [-0.2, -0.15) is 0 Å². The van der Waals surface area contributed by atoms with Crippen LogP contribution in [0.2, 0.25) is 0 Å². The molecule has 2 rings (SSSR count). The fourth-order valence-corrected chi connectivity index (χ4v) is 2.35. The van der Waals surface area contributed by atoms with Crippen molar-refractivity contribution >= 4 is 0 Å². The van der Waals surface area contributed by atoms with Crippen LogP contribution in [0, 0.1) is 5.92 Å². The second kappa shape index (κ2) is 5.62. The molecule has 0 aromatic carbocycles. The topological polar surface area (TPSA) is 42.3 Å². The highest BCUT2D eigenvalue weighted by molar-refractivity contribution is 4.91. The smallest absolute Gasteiger partial charge is 0.122 e. The second-order valence-corrected chi connectivity index (χ2v) is 4.84. The van der Waals surface area contributed by atoms with Crippen LogP contribution in [0.25, 0.3) is 0 Å². The molecule has 1 aromatic heterocycles. The van der Waals surface area contributed by atoms with E-state index in [1.54, 1.807) is 0 Å². The number of rotatable bonds is 5. The van der Waals surface area contributed by atoms with E-state index in [-0.39, 0.29) is 0 Å². The zero-order valence-corrected chi connectivity index (χ0v) is 10.9. The van der Waals surface area contributed by atoms with Crippen LogP contribution < -0.4 is 5.32 Å². The van der Waals surface area contributed by atoms with Crippen molar-refractivity contribution < 1.29 is 4.74 Å². The largest absolute Gasteiger partial charge is 0.379 e. The molecule has 2 unspecified atom stereocenters. The number of nitrogens with zero attached hydrogens (tertiary/aromatic N) is 3. The minimum absolute atomic E-state index is 0.485. The summed E-state index contributed by atoms with van der Waals surface area (Å²) in [6.07, 6.45) is 3.83. The maximum Gasteiger partial charge on any atom is 0.122 e. The van der Waals surface area contributed by atoms with Crippen LogP contribution in [-0.2, 0) is 18.3 Å². The molecule has 0 saturated carbocycles. The van der Waals surface area contributed by atoms with Crippen LogP contribution in [0.15, 0.2) is 12.4 Å². The quantitative estimate of drug-likeness (QED) is 0.789. The predicted octanol–water partition coefficient (Wildman–Crippen LogP) is 0.0863. The molecule has 1 aromatic rings. The van der Waals surface area contributed by atoms with Crippen LogP contribution >= 0.6 is 0 Å².